The average molecular weight is 405 g/mol. The maximum atomic E-state index is 11.7. The number of carbonyl (C=O) groups excluding carboxylic acids is 1. The first-order valence-electron chi connectivity index (χ1n) is 9.83. The summed E-state index contributed by atoms with van der Waals surface area (Å²) in [4.78, 5) is 14.6. The van der Waals surface area contributed by atoms with Gasteiger partial charge in [0.2, 0.25) is 0 Å². The molecule has 1 aliphatic heterocycles. The molecule has 1 atom stereocenters. The molecule has 0 spiro atoms. The van der Waals surface area contributed by atoms with Crippen LogP contribution < -0.4 is 14.5 Å². The van der Waals surface area contributed by atoms with Gasteiger partial charge in [-0.25, -0.2) is 0 Å². The van der Waals surface area contributed by atoms with Crippen LogP contribution in [0.1, 0.15) is 22.8 Å². The Morgan fingerprint density at radius 2 is 1.71 bits per heavy atom. The fraction of sp³-hybridized carbons (Fsp3) is 0.409. The van der Waals surface area contributed by atoms with Gasteiger partial charge in [0.25, 0.3) is 0 Å². The van der Waals surface area contributed by atoms with Crippen LogP contribution >= 0.6 is 11.6 Å². The molecule has 0 aliphatic carbocycles. The Labute approximate surface area is 171 Å². The first kappa shape index (κ1) is 20.8. The predicted molar refractivity (Wildman–Crippen MR) is 109 cm³/mol. The molecule has 1 fully saturated rings. The van der Waals surface area contributed by atoms with Crippen LogP contribution in [-0.4, -0.2) is 56.3 Å². The van der Waals surface area contributed by atoms with E-state index in [1.165, 1.54) is 17.4 Å². The van der Waals surface area contributed by atoms with Gasteiger partial charge in [-0.2, -0.15) is 0 Å². The molecule has 0 bridgehead atoms. The van der Waals surface area contributed by atoms with E-state index < -0.39 is 6.10 Å². The molecule has 1 aliphatic rings. The van der Waals surface area contributed by atoms with Crippen LogP contribution in [0, 0.1) is 0 Å². The lowest BCUT2D eigenvalue weighted by molar-refractivity contribution is -1.02. The number of carbonyl (C=O) groups is 1. The highest BCUT2D eigenvalue weighted by Crippen LogP contribution is 2.18. The van der Waals surface area contributed by atoms with Crippen molar-refractivity contribution in [1.82, 2.24) is 0 Å². The van der Waals surface area contributed by atoms with Gasteiger partial charge in [0.05, 0.1) is 5.56 Å². The predicted octanol–water partition coefficient (Wildman–Crippen LogP) is 0.266. The Balaban J connectivity index is 1.41. The molecule has 5 nitrogen and oxygen atoms in total. The number of rotatable bonds is 8. The van der Waals surface area contributed by atoms with E-state index in [1.54, 1.807) is 17.0 Å². The number of Topliss-reactive ketones (excluding diaryl/α,β-unsaturated/α-hetero) is 1. The third-order valence-corrected chi connectivity index (χ3v) is 5.51. The molecular formula is C22H29ClN2O3+2. The smallest absolute Gasteiger partial charge is 0.163 e. The second-order valence-corrected chi connectivity index (χ2v) is 7.96. The number of benzene rings is 2. The third kappa shape index (κ3) is 6.04. The highest BCUT2D eigenvalue weighted by molar-refractivity contribution is 6.30. The van der Waals surface area contributed by atoms with Crippen LogP contribution in [0.15, 0.2) is 48.5 Å². The number of aliphatic hydroxyl groups excluding tert-OH is 1. The number of halogens is 1. The standard InChI is InChI=1S/C22H27ClN2O3/c1-17(26)21-4-2-3-5-22(21)28-16-20(27)15-25-12-10-24(11-13-25)14-18-6-8-19(23)9-7-18/h2-9,20,27H,10-16H2,1H3/p+2/t20-/m0/s1. The largest absolute Gasteiger partial charge is 0.490 e. The summed E-state index contributed by atoms with van der Waals surface area (Å²) < 4.78 is 5.71. The van der Waals surface area contributed by atoms with E-state index in [-0.39, 0.29) is 12.4 Å². The number of ketones is 1. The highest BCUT2D eigenvalue weighted by atomic mass is 35.5. The zero-order valence-electron chi connectivity index (χ0n) is 16.3. The number of piperazine rings is 1. The van der Waals surface area contributed by atoms with Crippen molar-refractivity contribution in [3.05, 3.63) is 64.7 Å². The Hall–Kier alpha value is -1.92. The number of para-hydroxylation sites is 1. The van der Waals surface area contributed by atoms with E-state index in [2.05, 4.69) is 12.1 Å². The number of hydrogen-bond donors (Lipinski definition) is 3. The minimum atomic E-state index is -0.548. The summed E-state index contributed by atoms with van der Waals surface area (Å²) in [5.74, 6) is 0.511. The number of hydrogen-bond acceptors (Lipinski definition) is 3. The summed E-state index contributed by atoms with van der Waals surface area (Å²) in [5.41, 5.74) is 1.86. The van der Waals surface area contributed by atoms with E-state index in [4.69, 9.17) is 16.3 Å². The van der Waals surface area contributed by atoms with Gasteiger partial charge in [0.1, 0.15) is 57.7 Å². The molecule has 2 aromatic carbocycles. The van der Waals surface area contributed by atoms with E-state index in [0.717, 1.165) is 37.7 Å². The van der Waals surface area contributed by atoms with Crippen molar-refractivity contribution in [2.24, 2.45) is 0 Å². The Kier molecular flexibility index (Phi) is 7.45. The molecule has 6 heteroatoms. The SMILES string of the molecule is CC(=O)c1ccccc1OC[C@@H](O)C[NH+]1CC[NH+](Cc2ccc(Cl)cc2)CC1. The zero-order valence-corrected chi connectivity index (χ0v) is 17.0. The number of aliphatic hydroxyl groups is 1. The fourth-order valence-electron chi connectivity index (χ4n) is 3.69. The zero-order chi connectivity index (χ0) is 19.9. The number of nitrogens with one attached hydrogen (secondary N) is 2. The van der Waals surface area contributed by atoms with Crippen molar-refractivity contribution in [2.75, 3.05) is 39.3 Å². The van der Waals surface area contributed by atoms with Crippen LogP contribution in [0.25, 0.3) is 0 Å². The average Bonchev–Trinajstić information content (AvgIpc) is 2.70. The molecule has 3 N–H and O–H groups in total. The van der Waals surface area contributed by atoms with Gasteiger partial charge in [0, 0.05) is 10.6 Å². The van der Waals surface area contributed by atoms with Crippen molar-refractivity contribution < 1.29 is 24.4 Å². The van der Waals surface area contributed by atoms with Crippen molar-refractivity contribution in [3.63, 3.8) is 0 Å². The summed E-state index contributed by atoms with van der Waals surface area (Å²) in [6.07, 6.45) is -0.548. The normalized spacial score (nSPS) is 20.5. The first-order chi connectivity index (χ1) is 13.5. The molecule has 0 saturated carbocycles. The molecule has 0 amide bonds. The van der Waals surface area contributed by atoms with Crippen LogP contribution in [-0.2, 0) is 6.54 Å². The van der Waals surface area contributed by atoms with Gasteiger partial charge < -0.3 is 19.6 Å². The highest BCUT2D eigenvalue weighted by Gasteiger charge is 2.25. The Bertz CT molecular complexity index is 774. The van der Waals surface area contributed by atoms with Crippen molar-refractivity contribution in [1.29, 1.82) is 0 Å². The molecule has 1 saturated heterocycles. The molecule has 1 heterocycles. The molecule has 0 radical (unpaired) electrons. The molecule has 28 heavy (non-hydrogen) atoms. The monoisotopic (exact) mass is 404 g/mol. The number of quaternary nitrogens is 2. The van der Waals surface area contributed by atoms with E-state index in [0.29, 0.717) is 17.9 Å². The minimum absolute atomic E-state index is 0.0319. The molecule has 2 aromatic rings. The molecular weight excluding hydrogens is 376 g/mol. The van der Waals surface area contributed by atoms with Gasteiger partial charge in [-0.1, -0.05) is 35.9 Å². The summed E-state index contributed by atoms with van der Waals surface area (Å²) in [7, 11) is 0. The van der Waals surface area contributed by atoms with Gasteiger partial charge >= 0.3 is 0 Å². The summed E-state index contributed by atoms with van der Waals surface area (Å²) in [6.45, 7) is 7.63. The van der Waals surface area contributed by atoms with E-state index >= 15 is 0 Å². The topological polar surface area (TPSA) is 55.4 Å². The number of ether oxygens (including phenoxy) is 1. The summed E-state index contributed by atoms with van der Waals surface area (Å²) in [6, 6.07) is 15.2. The summed E-state index contributed by atoms with van der Waals surface area (Å²) >= 11 is 5.95. The quantitative estimate of drug-likeness (QED) is 0.553. The van der Waals surface area contributed by atoms with Crippen molar-refractivity contribution in [3.8, 4) is 5.75 Å². The second kappa shape index (κ2) is 10.0. The van der Waals surface area contributed by atoms with Crippen LogP contribution in [0.5, 0.6) is 5.75 Å². The first-order valence-corrected chi connectivity index (χ1v) is 10.2. The molecule has 3 rings (SSSR count). The van der Waals surface area contributed by atoms with Gasteiger partial charge in [0.15, 0.2) is 5.78 Å². The van der Waals surface area contributed by atoms with Crippen LogP contribution in [0.2, 0.25) is 5.02 Å². The third-order valence-electron chi connectivity index (χ3n) is 5.25. The van der Waals surface area contributed by atoms with Gasteiger partial charge in [-0.05, 0) is 31.2 Å². The molecule has 150 valence electrons. The van der Waals surface area contributed by atoms with Crippen molar-refractivity contribution >= 4 is 17.4 Å². The molecule has 0 aromatic heterocycles. The van der Waals surface area contributed by atoms with Crippen molar-refractivity contribution in [2.45, 2.75) is 19.6 Å². The van der Waals surface area contributed by atoms with Gasteiger partial charge in [-0.15, -0.1) is 0 Å². The lowest BCUT2D eigenvalue weighted by Gasteiger charge is -2.30. The second-order valence-electron chi connectivity index (χ2n) is 7.52. The maximum Gasteiger partial charge on any atom is 0.163 e. The van der Waals surface area contributed by atoms with Gasteiger partial charge in [-0.3, -0.25) is 4.79 Å². The lowest BCUT2D eigenvalue weighted by atomic mass is 10.1. The van der Waals surface area contributed by atoms with Crippen LogP contribution in [0.4, 0.5) is 0 Å². The van der Waals surface area contributed by atoms with E-state index in [9.17, 15) is 9.90 Å². The Morgan fingerprint density at radius 1 is 1.07 bits per heavy atom. The minimum Gasteiger partial charge on any atom is -0.490 e. The molecule has 0 unspecified atom stereocenters. The lowest BCUT2D eigenvalue weighted by Crippen LogP contribution is -3.28. The Morgan fingerprint density at radius 3 is 2.39 bits per heavy atom. The van der Waals surface area contributed by atoms with E-state index in [1.807, 2.05) is 24.3 Å². The summed E-state index contributed by atoms with van der Waals surface area (Å²) in [5, 5.41) is 11.1. The maximum absolute atomic E-state index is 11.7. The fourth-order valence-corrected chi connectivity index (χ4v) is 3.82. The van der Waals surface area contributed by atoms with Crippen LogP contribution in [0.3, 0.4) is 0 Å².